The van der Waals surface area contributed by atoms with E-state index in [-0.39, 0.29) is 16.9 Å². The second-order valence-electron chi connectivity index (χ2n) is 6.32. The smallest absolute Gasteiger partial charge is 0.233 e. The van der Waals surface area contributed by atoms with Gasteiger partial charge in [0, 0.05) is 11.8 Å². The Morgan fingerprint density at radius 2 is 1.72 bits per heavy atom. The van der Waals surface area contributed by atoms with Gasteiger partial charge in [-0.3, -0.25) is 0 Å². The number of hydrogen-bond acceptors (Lipinski definition) is 4. The van der Waals surface area contributed by atoms with Crippen LogP contribution in [0.3, 0.4) is 0 Å². The Morgan fingerprint density at radius 3 is 2.21 bits per heavy atom. The van der Waals surface area contributed by atoms with Crippen molar-refractivity contribution in [1.82, 2.24) is 9.78 Å². The molecule has 0 aliphatic heterocycles. The third kappa shape index (κ3) is 3.86. The fraction of sp³-hybridized carbons (Fsp3) is 0.158. The third-order valence-electron chi connectivity index (χ3n) is 4.19. The van der Waals surface area contributed by atoms with Crippen LogP contribution in [-0.2, 0) is 9.84 Å². The number of benzene rings is 2. The highest BCUT2D eigenvalue weighted by molar-refractivity contribution is 7.90. The summed E-state index contributed by atoms with van der Waals surface area (Å²) in [5, 5.41) is 12.8. The van der Waals surface area contributed by atoms with Crippen molar-refractivity contribution in [2.75, 3.05) is 6.26 Å². The lowest BCUT2D eigenvalue weighted by Crippen LogP contribution is -2.06. The van der Waals surface area contributed by atoms with E-state index >= 15 is 0 Å². The van der Waals surface area contributed by atoms with Gasteiger partial charge in [0.1, 0.15) is 22.2 Å². The van der Waals surface area contributed by atoms with Gasteiger partial charge >= 0.3 is 0 Å². The zero-order valence-corrected chi connectivity index (χ0v) is 15.9. The van der Waals surface area contributed by atoms with E-state index in [2.05, 4.69) is 5.10 Å². The van der Waals surface area contributed by atoms with Gasteiger partial charge in [-0.2, -0.15) is 10.4 Å². The maximum absolute atomic E-state index is 14.3. The molecule has 0 aliphatic rings. The average Bonchev–Trinajstić information content (AvgIpc) is 3.05. The molecule has 0 radical (unpaired) electrons. The van der Waals surface area contributed by atoms with Crippen molar-refractivity contribution < 1.29 is 26.0 Å². The number of alkyl halides is 2. The van der Waals surface area contributed by atoms with Crippen molar-refractivity contribution in [3.8, 4) is 23.0 Å². The van der Waals surface area contributed by atoms with Gasteiger partial charge in [-0.15, -0.1) is 0 Å². The lowest BCUT2D eigenvalue weighted by atomic mass is 10.1. The van der Waals surface area contributed by atoms with Crippen molar-refractivity contribution in [1.29, 1.82) is 5.26 Å². The maximum atomic E-state index is 14.3. The second-order valence-corrected chi connectivity index (χ2v) is 8.27. The fourth-order valence-electron chi connectivity index (χ4n) is 2.88. The molecular weight excluding hydrogens is 410 g/mol. The molecule has 2 aromatic carbocycles. The predicted molar refractivity (Wildman–Crippen MR) is 96.4 cm³/mol. The van der Waals surface area contributed by atoms with E-state index in [1.807, 2.05) is 6.07 Å². The predicted octanol–water partition coefficient (Wildman–Crippen LogP) is 4.34. The van der Waals surface area contributed by atoms with E-state index in [1.165, 1.54) is 18.2 Å². The van der Waals surface area contributed by atoms with E-state index in [9.17, 15) is 26.0 Å². The topological polar surface area (TPSA) is 75.8 Å². The summed E-state index contributed by atoms with van der Waals surface area (Å²) < 4.78 is 79.3. The number of nitrogens with zero attached hydrogens (tertiary/aromatic N) is 3. The van der Waals surface area contributed by atoms with Crippen LogP contribution >= 0.6 is 0 Å². The van der Waals surface area contributed by atoms with Crippen molar-refractivity contribution >= 4 is 9.84 Å². The SMILES string of the molecule is Cc1cc(-n2nc(C(F)F)cc2-c2cc(F)c(S(C)(=O)=O)c(F)c2)ccc1C#N. The molecule has 0 saturated heterocycles. The van der Waals surface area contributed by atoms with Gasteiger partial charge in [-0.1, -0.05) is 0 Å². The molecule has 0 fully saturated rings. The number of rotatable bonds is 4. The van der Waals surface area contributed by atoms with Crippen molar-refractivity contribution in [3.05, 3.63) is 64.9 Å². The van der Waals surface area contributed by atoms with E-state index in [4.69, 9.17) is 5.26 Å². The van der Waals surface area contributed by atoms with E-state index < -0.39 is 38.5 Å². The van der Waals surface area contributed by atoms with E-state index in [1.54, 1.807) is 6.92 Å². The van der Waals surface area contributed by atoms with Crippen molar-refractivity contribution in [2.45, 2.75) is 18.2 Å². The Bertz CT molecular complexity index is 1240. The number of aromatic nitrogens is 2. The number of halogens is 4. The fourth-order valence-corrected chi connectivity index (χ4v) is 3.70. The summed E-state index contributed by atoms with van der Waals surface area (Å²) in [6, 6.07) is 8.87. The van der Waals surface area contributed by atoms with Crippen molar-refractivity contribution in [3.63, 3.8) is 0 Å². The van der Waals surface area contributed by atoms with Gasteiger partial charge < -0.3 is 0 Å². The van der Waals surface area contributed by atoms with Crippen LogP contribution in [0.5, 0.6) is 0 Å². The molecule has 0 aliphatic carbocycles. The maximum Gasteiger partial charge on any atom is 0.282 e. The monoisotopic (exact) mass is 423 g/mol. The summed E-state index contributed by atoms with van der Waals surface area (Å²) in [5.74, 6) is -2.69. The molecule has 1 aromatic heterocycles. The van der Waals surface area contributed by atoms with Gasteiger partial charge in [0.05, 0.1) is 23.0 Å². The largest absolute Gasteiger partial charge is 0.282 e. The van der Waals surface area contributed by atoms with Crippen LogP contribution in [0.4, 0.5) is 17.6 Å². The number of aryl methyl sites for hydroxylation is 1. The first-order chi connectivity index (χ1) is 13.5. The lowest BCUT2D eigenvalue weighted by molar-refractivity contribution is 0.145. The molecule has 0 bridgehead atoms. The number of hydrogen-bond donors (Lipinski definition) is 0. The van der Waals surface area contributed by atoms with Crippen LogP contribution in [0.1, 0.15) is 23.2 Å². The number of nitriles is 1. The summed E-state index contributed by atoms with van der Waals surface area (Å²) in [4.78, 5) is -1.10. The average molecular weight is 423 g/mol. The minimum absolute atomic E-state index is 0.0674. The Morgan fingerprint density at radius 1 is 1.10 bits per heavy atom. The zero-order valence-electron chi connectivity index (χ0n) is 15.1. The summed E-state index contributed by atoms with van der Waals surface area (Å²) in [6.45, 7) is 1.64. The molecule has 29 heavy (non-hydrogen) atoms. The minimum Gasteiger partial charge on any atom is -0.233 e. The molecule has 0 N–H and O–H groups in total. The first kappa shape index (κ1) is 20.5. The highest BCUT2D eigenvalue weighted by Crippen LogP contribution is 2.32. The standard InChI is InChI=1S/C19H13F4N3O2S/c1-10-5-13(4-3-11(10)9-24)26-17(8-16(25-26)19(22)23)12-6-14(20)18(15(21)7-12)29(2,27)28/h3-8,19H,1-2H3. The molecule has 10 heteroatoms. The highest BCUT2D eigenvalue weighted by atomic mass is 32.2. The molecular formula is C19H13F4N3O2S. The first-order valence-corrected chi connectivity index (χ1v) is 10.0. The highest BCUT2D eigenvalue weighted by Gasteiger charge is 2.24. The summed E-state index contributed by atoms with van der Waals surface area (Å²) in [5.41, 5.74) is 0.337. The second kappa shape index (κ2) is 7.33. The summed E-state index contributed by atoms with van der Waals surface area (Å²) >= 11 is 0. The van der Waals surface area contributed by atoms with Gasteiger partial charge in [0.15, 0.2) is 9.84 Å². The number of sulfone groups is 1. The summed E-state index contributed by atoms with van der Waals surface area (Å²) in [7, 11) is -4.17. The molecule has 0 amide bonds. The molecule has 0 unspecified atom stereocenters. The molecule has 5 nitrogen and oxygen atoms in total. The van der Waals surface area contributed by atoms with Crippen LogP contribution in [0.25, 0.3) is 16.9 Å². The van der Waals surface area contributed by atoms with Crippen molar-refractivity contribution in [2.24, 2.45) is 0 Å². The molecule has 0 spiro atoms. The van der Waals surface area contributed by atoms with Gasteiger partial charge in [0.2, 0.25) is 0 Å². The normalized spacial score (nSPS) is 11.7. The van der Waals surface area contributed by atoms with Crippen LogP contribution in [0, 0.1) is 29.9 Å². The van der Waals surface area contributed by atoms with Gasteiger partial charge in [0.25, 0.3) is 6.43 Å². The Hall–Kier alpha value is -3.19. The van der Waals surface area contributed by atoms with E-state index in [0.29, 0.717) is 17.4 Å². The quantitative estimate of drug-likeness (QED) is 0.585. The van der Waals surface area contributed by atoms with Gasteiger partial charge in [-0.05, 0) is 48.9 Å². The van der Waals surface area contributed by atoms with Crippen LogP contribution in [0.2, 0.25) is 0 Å². The van der Waals surface area contributed by atoms with Gasteiger partial charge in [-0.25, -0.2) is 30.7 Å². The molecule has 3 rings (SSSR count). The van der Waals surface area contributed by atoms with Crippen LogP contribution in [-0.4, -0.2) is 24.5 Å². The lowest BCUT2D eigenvalue weighted by Gasteiger charge is -2.11. The minimum atomic E-state index is -4.17. The molecule has 150 valence electrons. The zero-order chi connectivity index (χ0) is 21.5. The Kier molecular flexibility index (Phi) is 5.19. The molecule has 3 aromatic rings. The molecule has 0 atom stereocenters. The molecule has 0 saturated carbocycles. The van der Waals surface area contributed by atoms with Crippen LogP contribution < -0.4 is 0 Å². The Labute approximate surface area is 163 Å². The first-order valence-electron chi connectivity index (χ1n) is 8.11. The third-order valence-corrected chi connectivity index (χ3v) is 5.32. The Balaban J connectivity index is 2.26. The summed E-state index contributed by atoms with van der Waals surface area (Å²) in [6.07, 6.45) is -2.29. The molecule has 1 heterocycles. The van der Waals surface area contributed by atoms with Crippen LogP contribution in [0.15, 0.2) is 41.3 Å². The van der Waals surface area contributed by atoms with E-state index in [0.717, 1.165) is 22.9 Å².